The first kappa shape index (κ1) is 82.0. The second-order valence-corrected chi connectivity index (χ2v) is 29.0. The van der Waals surface area contributed by atoms with Gasteiger partial charge < -0.3 is 95.8 Å². The molecule has 4 saturated carbocycles. The molecule has 1 aromatic carbocycles. The number of alkyl halides is 2. The number of nitrogens with two attached hydrogens (primary N) is 1. The largest absolute Gasteiger partial charge is 0.456 e. The van der Waals surface area contributed by atoms with E-state index in [-0.39, 0.29) is 82.8 Å². The van der Waals surface area contributed by atoms with Crippen molar-refractivity contribution in [3.05, 3.63) is 53.6 Å². The standard InChI is InChI=1S/C73H104F2N8O21/c1-8-14-60-103-58-37-50-51-36-53(74)52-35-46(85)22-24-70(52,6)72(51,75)56(86)38-71(50,7)73(58,104-60)57(87)42-100-65(92)69(4,5)83-63(90)55(39-84)81-68(95)101-40-44-18-20-45(21-19-44)79-62(89)54(17-13-25-77-66(76)93)80-64(91)61(43(2)3)82-59(88)23-27-96-29-31-98-33-34-99-32-30-97-28-26-78-67(94)102-41-49-47-15-11-9-10-12-16-48(47)49/h18-22,24,35,43,47-51,53-56,58,60-61,84,86H,8,11-17,23,25-34,36-42H2,1-7H3,(H,78,94)(H,79,89)(H,80,91)(H,81,95)(H,82,88)(H,83,90)(H3,76,77,93)/t47-,48+,49?,50-,51-,53-,54-,55-,56-,58+,60?,61-,70-,71-,72-,73+/m0/s1. The van der Waals surface area contributed by atoms with Crippen LogP contribution >= 0.6 is 0 Å². The normalized spacial score (nSPS) is 28.6. The maximum Gasteiger partial charge on any atom is 0.408 e. The number of aliphatic hydroxyl groups is 2. The summed E-state index contributed by atoms with van der Waals surface area (Å²) in [6.45, 7) is 11.6. The van der Waals surface area contributed by atoms with Crippen LogP contribution in [0.25, 0.3) is 0 Å². The third-order valence-corrected chi connectivity index (χ3v) is 21.2. The Kier molecular flexibility index (Phi) is 29.2. The Hall–Kier alpha value is -7.70. The van der Waals surface area contributed by atoms with Gasteiger partial charge in [0, 0.05) is 54.8 Å². The summed E-state index contributed by atoms with van der Waals surface area (Å²) in [7, 11) is 0. The summed E-state index contributed by atoms with van der Waals surface area (Å²) < 4.78 is 85.5. The lowest BCUT2D eigenvalue weighted by Gasteiger charge is -2.63. The summed E-state index contributed by atoms with van der Waals surface area (Å²) in [6, 6.07) is 1.34. The molecule has 1 aromatic rings. The fourth-order valence-electron chi connectivity index (χ4n) is 15.7. The highest BCUT2D eigenvalue weighted by Crippen LogP contribution is 2.72. The van der Waals surface area contributed by atoms with Crippen LogP contribution in [0.5, 0.6) is 0 Å². The van der Waals surface area contributed by atoms with Crippen LogP contribution in [-0.2, 0) is 82.8 Å². The predicted molar refractivity (Wildman–Crippen MR) is 368 cm³/mol. The fourth-order valence-corrected chi connectivity index (χ4v) is 15.7. The summed E-state index contributed by atoms with van der Waals surface area (Å²) in [4.78, 5) is 132. The molecular formula is C73H104F2N8O21. The van der Waals surface area contributed by atoms with Crippen LogP contribution in [0.3, 0.4) is 0 Å². The number of urea groups is 1. The molecule has 2 unspecified atom stereocenters. The number of ketones is 2. The van der Waals surface area contributed by atoms with E-state index in [9.17, 15) is 58.2 Å². The molecule has 29 nitrogen and oxygen atoms in total. The molecule has 6 aliphatic carbocycles. The van der Waals surface area contributed by atoms with E-state index in [4.69, 9.17) is 48.4 Å². The third kappa shape index (κ3) is 19.9. The average Bonchev–Trinajstić information content (AvgIpc) is 1.42. The minimum atomic E-state index is -2.45. The number of alkyl carbamates (subject to hydrolysis) is 2. The topological polar surface area (TPSA) is 404 Å². The number of aliphatic hydroxyl groups excluding tert-OH is 2. The van der Waals surface area contributed by atoms with Crippen LogP contribution in [0.2, 0.25) is 0 Å². The van der Waals surface area contributed by atoms with Crippen LogP contribution < -0.4 is 43.0 Å². The Morgan fingerprint density at radius 1 is 0.788 bits per heavy atom. The van der Waals surface area contributed by atoms with Gasteiger partial charge in [0.2, 0.25) is 29.4 Å². The molecule has 0 aromatic heterocycles. The molecule has 1 heterocycles. The van der Waals surface area contributed by atoms with Crippen molar-refractivity contribution in [1.82, 2.24) is 31.9 Å². The first-order chi connectivity index (χ1) is 49.5. The van der Waals surface area contributed by atoms with E-state index in [0.717, 1.165) is 31.8 Å². The summed E-state index contributed by atoms with van der Waals surface area (Å²) in [5.41, 5.74) is -3.43. The van der Waals surface area contributed by atoms with Crippen LogP contribution in [0.15, 0.2) is 48.1 Å². The zero-order chi connectivity index (χ0) is 75.6. The van der Waals surface area contributed by atoms with Crippen molar-refractivity contribution >= 4 is 65.1 Å². The predicted octanol–water partition coefficient (Wildman–Crippen LogP) is 4.12. The maximum absolute atomic E-state index is 18.0. The number of amides is 8. The lowest BCUT2D eigenvalue weighted by Crippen LogP contribution is -2.71. The smallest absolute Gasteiger partial charge is 0.408 e. The lowest BCUT2D eigenvalue weighted by atomic mass is 9.44. The molecule has 8 rings (SSSR count). The molecule has 0 bridgehead atoms. The number of anilines is 1. The molecule has 7 aliphatic rings. The summed E-state index contributed by atoms with van der Waals surface area (Å²) >= 11 is 0. The molecule has 16 atom stereocenters. The van der Waals surface area contributed by atoms with Gasteiger partial charge >= 0.3 is 24.2 Å². The van der Waals surface area contributed by atoms with Gasteiger partial charge in [-0.15, -0.1) is 11.8 Å². The summed E-state index contributed by atoms with van der Waals surface area (Å²) in [6.07, 6.45) is 1.03. The molecule has 0 spiro atoms. The van der Waals surface area contributed by atoms with Gasteiger partial charge in [-0.3, -0.25) is 28.8 Å². The SMILES string of the molecule is CCCC1O[C@@H]2C[C@H]3[C@@H]4C[C@H](F)C5=CC(=O)C=C[C@]5(C)[C@@]4(F)[C@@H](O)C[C@]3(C)[C@]2(C(=O)COC(=O)C(C)(C)NC(=O)[C@H](CO)NC(=O)OCc2ccc(NC(=O)[C@H](CCCNC(N)=O)NC(=O)[C@@H](NC(=O)CCOCCOCCOCCOCCNC(=O)OCC3[C@H]4CCC#CCC[C@@H]34)C(C)C)cc2)O1. The van der Waals surface area contributed by atoms with Gasteiger partial charge in [-0.1, -0.05) is 52.3 Å². The fraction of sp³-hybridized carbons (Fsp3) is 0.699. The maximum atomic E-state index is 18.0. The zero-order valence-corrected chi connectivity index (χ0v) is 60.4. The number of nitrogens with one attached hydrogen (secondary N) is 7. The lowest BCUT2D eigenvalue weighted by molar-refractivity contribution is -0.235. The summed E-state index contributed by atoms with van der Waals surface area (Å²) in [5.74, 6) is 0.482. The highest BCUT2D eigenvalue weighted by Gasteiger charge is 2.80. The molecule has 31 heteroatoms. The Bertz CT molecular complexity index is 3330. The molecular weight excluding hydrogens is 1360 g/mol. The number of fused-ring (bicyclic) bond motifs is 8. The third-order valence-electron chi connectivity index (χ3n) is 21.2. The van der Waals surface area contributed by atoms with Crippen LogP contribution in [0.1, 0.15) is 131 Å². The van der Waals surface area contributed by atoms with Gasteiger partial charge in [-0.2, -0.15) is 0 Å². The number of benzene rings is 1. The number of allylic oxidation sites excluding steroid dienone is 4. The molecule has 1 saturated heterocycles. The van der Waals surface area contributed by atoms with E-state index >= 15 is 8.78 Å². The number of esters is 1. The number of hydrogen-bond donors (Lipinski definition) is 10. The van der Waals surface area contributed by atoms with Crippen molar-refractivity contribution in [2.45, 2.75) is 192 Å². The Balaban J connectivity index is 0.722. The Labute approximate surface area is 604 Å². The van der Waals surface area contributed by atoms with Crippen molar-refractivity contribution in [1.29, 1.82) is 0 Å². The van der Waals surface area contributed by atoms with Gasteiger partial charge in [0.05, 0.1) is 78.3 Å². The highest BCUT2D eigenvalue weighted by molar-refractivity contribution is 6.02. The summed E-state index contributed by atoms with van der Waals surface area (Å²) in [5, 5.41) is 40.1. The first-order valence-corrected chi connectivity index (χ1v) is 36.1. The molecule has 5 fully saturated rings. The molecule has 0 radical (unpaired) electrons. The van der Waals surface area contributed by atoms with E-state index in [1.165, 1.54) is 57.2 Å². The number of halogens is 2. The first-order valence-electron chi connectivity index (χ1n) is 36.1. The number of primary amides is 1. The van der Waals surface area contributed by atoms with Gasteiger partial charge in [0.1, 0.15) is 36.4 Å². The number of carbonyl (C=O) groups is 10. The van der Waals surface area contributed by atoms with E-state index < -0.39 is 161 Å². The van der Waals surface area contributed by atoms with Gasteiger partial charge in [-0.25, -0.2) is 28.0 Å². The Morgan fingerprint density at radius 3 is 2.08 bits per heavy atom. The number of hydrogen-bond acceptors (Lipinski definition) is 21. The van der Waals surface area contributed by atoms with Crippen molar-refractivity contribution in [2.24, 2.45) is 52.1 Å². The highest BCUT2D eigenvalue weighted by atomic mass is 19.1. The number of ether oxygens (including phenoxy) is 9. The van der Waals surface area contributed by atoms with Crippen molar-refractivity contribution < 1.29 is 110 Å². The van der Waals surface area contributed by atoms with Crippen LogP contribution in [-0.4, -0.2) is 215 Å². The van der Waals surface area contributed by atoms with E-state index in [1.807, 2.05) is 6.92 Å². The molecule has 1 aliphatic heterocycles. The van der Waals surface area contributed by atoms with Gasteiger partial charge in [-0.05, 0) is 137 Å². The van der Waals surface area contributed by atoms with Crippen LogP contribution in [0, 0.1) is 58.2 Å². The van der Waals surface area contributed by atoms with E-state index in [1.54, 1.807) is 20.8 Å². The van der Waals surface area contributed by atoms with E-state index in [0.29, 0.717) is 82.3 Å². The van der Waals surface area contributed by atoms with Crippen molar-refractivity contribution in [3.8, 4) is 11.8 Å². The van der Waals surface area contributed by atoms with Gasteiger partial charge in [0.15, 0.2) is 29.9 Å². The van der Waals surface area contributed by atoms with Gasteiger partial charge in [0.25, 0.3) is 0 Å². The molecule has 576 valence electrons. The second kappa shape index (κ2) is 37.0. The monoisotopic (exact) mass is 1470 g/mol. The molecule has 104 heavy (non-hydrogen) atoms. The van der Waals surface area contributed by atoms with Crippen molar-refractivity contribution in [2.75, 3.05) is 91.1 Å². The quantitative estimate of drug-likeness (QED) is 0.0192. The molecule has 8 amide bonds. The molecule has 11 N–H and O–H groups in total. The van der Waals surface area contributed by atoms with E-state index in [2.05, 4.69) is 49.1 Å². The second-order valence-electron chi connectivity index (χ2n) is 29.0. The number of rotatable bonds is 39. The number of carbonyl (C=O) groups excluding carboxylic acids is 10. The number of Topliss-reactive ketones (excluding diaryl/α,β-unsaturated/α-hetero) is 1. The van der Waals surface area contributed by atoms with Crippen LogP contribution in [0.4, 0.5) is 28.9 Å². The average molecular weight is 1470 g/mol. The minimum absolute atomic E-state index is 0.0321. The van der Waals surface area contributed by atoms with Crippen molar-refractivity contribution in [3.63, 3.8) is 0 Å². The minimum Gasteiger partial charge on any atom is -0.456 e. The zero-order valence-electron chi connectivity index (χ0n) is 60.4. The Morgan fingerprint density at radius 2 is 1.44 bits per heavy atom.